The van der Waals surface area contributed by atoms with Gasteiger partial charge in [0, 0.05) is 5.56 Å². The van der Waals surface area contributed by atoms with Crippen LogP contribution in [0.1, 0.15) is 11.1 Å². The molecule has 0 unspecified atom stereocenters. The zero-order valence-corrected chi connectivity index (χ0v) is 17.5. The molecule has 1 saturated heterocycles. The van der Waals surface area contributed by atoms with Crippen molar-refractivity contribution in [3.05, 3.63) is 94.6 Å². The number of carbonyl (C=O) groups is 1. The summed E-state index contributed by atoms with van der Waals surface area (Å²) in [7, 11) is 1.54. The van der Waals surface area contributed by atoms with E-state index in [1.807, 2.05) is 36.4 Å². The summed E-state index contributed by atoms with van der Waals surface area (Å²) >= 11 is 1.27. The van der Waals surface area contributed by atoms with E-state index in [0.717, 1.165) is 11.3 Å². The Morgan fingerprint density at radius 3 is 2.58 bits per heavy atom. The highest BCUT2D eigenvalue weighted by Crippen LogP contribution is 2.32. The summed E-state index contributed by atoms with van der Waals surface area (Å²) in [6.45, 7) is 0.0617. The van der Waals surface area contributed by atoms with Gasteiger partial charge >= 0.3 is 0 Å². The van der Waals surface area contributed by atoms with E-state index < -0.39 is 0 Å². The number of aliphatic imine (C=N–C) groups is 1. The summed E-state index contributed by atoms with van der Waals surface area (Å²) in [5.41, 5.74) is 1.96. The fourth-order valence-electron chi connectivity index (χ4n) is 2.92. The molecular formula is C24H19FN2O3S. The van der Waals surface area contributed by atoms with Crippen molar-refractivity contribution < 1.29 is 18.7 Å². The van der Waals surface area contributed by atoms with Gasteiger partial charge in [0.05, 0.1) is 17.7 Å². The van der Waals surface area contributed by atoms with Crippen molar-refractivity contribution in [1.82, 2.24) is 5.32 Å². The van der Waals surface area contributed by atoms with Gasteiger partial charge in [-0.2, -0.15) is 0 Å². The van der Waals surface area contributed by atoms with Crippen LogP contribution < -0.4 is 14.8 Å². The average molecular weight is 434 g/mol. The molecule has 1 aliphatic heterocycles. The third-order valence-corrected chi connectivity index (χ3v) is 5.37. The third kappa shape index (κ3) is 5.13. The number of para-hydroxylation sites is 1. The Balaban J connectivity index is 1.53. The summed E-state index contributed by atoms with van der Waals surface area (Å²) in [6.07, 6.45) is 1.75. The Morgan fingerprint density at radius 2 is 1.81 bits per heavy atom. The van der Waals surface area contributed by atoms with Crippen molar-refractivity contribution in [2.75, 3.05) is 7.11 Å². The number of methoxy groups -OCH3 is 1. The molecule has 7 heteroatoms. The van der Waals surface area contributed by atoms with Crippen LogP contribution in [0.25, 0.3) is 6.08 Å². The highest BCUT2D eigenvalue weighted by atomic mass is 32.2. The van der Waals surface area contributed by atoms with Gasteiger partial charge in [-0.05, 0) is 53.7 Å². The molecule has 1 N–H and O–H groups in total. The Bertz CT molecular complexity index is 1160. The number of rotatable bonds is 6. The van der Waals surface area contributed by atoms with Crippen molar-refractivity contribution in [1.29, 1.82) is 0 Å². The maximum atomic E-state index is 13.9. The number of ether oxygens (including phenoxy) is 2. The molecule has 0 saturated carbocycles. The molecule has 0 spiro atoms. The maximum Gasteiger partial charge on any atom is 0.264 e. The predicted molar refractivity (Wildman–Crippen MR) is 121 cm³/mol. The lowest BCUT2D eigenvalue weighted by atomic mass is 10.1. The van der Waals surface area contributed by atoms with Gasteiger partial charge in [0.1, 0.15) is 12.4 Å². The van der Waals surface area contributed by atoms with Gasteiger partial charge in [-0.25, -0.2) is 9.38 Å². The number of thioether (sulfide) groups is 1. The number of amidine groups is 1. The van der Waals surface area contributed by atoms with E-state index in [2.05, 4.69) is 10.3 Å². The number of nitrogens with one attached hydrogen (secondary N) is 1. The molecule has 3 aromatic rings. The highest BCUT2D eigenvalue weighted by Gasteiger charge is 2.24. The van der Waals surface area contributed by atoms with Crippen LogP contribution in [0.3, 0.4) is 0 Å². The van der Waals surface area contributed by atoms with Gasteiger partial charge in [-0.15, -0.1) is 0 Å². The van der Waals surface area contributed by atoms with Gasteiger partial charge in [-0.1, -0.05) is 42.5 Å². The number of benzene rings is 3. The highest BCUT2D eigenvalue weighted by molar-refractivity contribution is 8.18. The largest absolute Gasteiger partial charge is 0.493 e. The Morgan fingerprint density at radius 1 is 1.03 bits per heavy atom. The summed E-state index contributed by atoms with van der Waals surface area (Å²) in [5, 5.41) is 3.29. The monoisotopic (exact) mass is 434 g/mol. The standard InChI is InChI=1S/C24H19FN2O3S/c1-29-20-12-11-16(13-21(20)30-15-17-7-5-6-10-19(17)25)14-22-23(28)27-24(31-22)26-18-8-3-2-4-9-18/h2-14H,15H2,1H3,(H,26,27,28)/b22-14+. The smallest absolute Gasteiger partial charge is 0.264 e. The summed E-state index contributed by atoms with van der Waals surface area (Å²) in [6, 6.07) is 21.2. The molecule has 0 bridgehead atoms. The predicted octanol–water partition coefficient (Wildman–Crippen LogP) is 5.30. The van der Waals surface area contributed by atoms with Crippen LogP contribution >= 0.6 is 11.8 Å². The number of hydrogen-bond donors (Lipinski definition) is 1. The quantitative estimate of drug-likeness (QED) is 0.535. The lowest BCUT2D eigenvalue weighted by molar-refractivity contribution is -0.115. The molecule has 3 aromatic carbocycles. The molecule has 5 nitrogen and oxygen atoms in total. The molecule has 1 fully saturated rings. The van der Waals surface area contributed by atoms with Crippen LogP contribution in [0.15, 0.2) is 82.7 Å². The number of halogens is 1. The van der Waals surface area contributed by atoms with Crippen molar-refractivity contribution in [3.8, 4) is 11.5 Å². The van der Waals surface area contributed by atoms with Crippen molar-refractivity contribution in [3.63, 3.8) is 0 Å². The molecule has 0 atom stereocenters. The molecule has 31 heavy (non-hydrogen) atoms. The van der Waals surface area contributed by atoms with E-state index in [1.165, 1.54) is 24.9 Å². The second-order valence-corrected chi connectivity index (χ2v) is 7.64. The molecule has 1 heterocycles. The minimum Gasteiger partial charge on any atom is -0.493 e. The number of nitrogens with zero attached hydrogens (tertiary/aromatic N) is 1. The van der Waals surface area contributed by atoms with E-state index in [0.29, 0.717) is 27.1 Å². The van der Waals surface area contributed by atoms with Crippen LogP contribution in [0, 0.1) is 5.82 Å². The molecule has 156 valence electrons. The fourth-order valence-corrected chi connectivity index (χ4v) is 3.76. The first-order valence-electron chi connectivity index (χ1n) is 9.51. The molecule has 0 aliphatic carbocycles. The van der Waals surface area contributed by atoms with Crippen LogP contribution in [-0.4, -0.2) is 18.2 Å². The third-order valence-electron chi connectivity index (χ3n) is 4.46. The first-order chi connectivity index (χ1) is 15.1. The summed E-state index contributed by atoms with van der Waals surface area (Å²) in [5.74, 6) is 0.434. The minimum atomic E-state index is -0.330. The minimum absolute atomic E-state index is 0.0617. The van der Waals surface area contributed by atoms with Crippen LogP contribution in [0.5, 0.6) is 11.5 Å². The second kappa shape index (κ2) is 9.49. The molecule has 0 aromatic heterocycles. The van der Waals surface area contributed by atoms with Crippen molar-refractivity contribution in [2.24, 2.45) is 4.99 Å². The normalized spacial score (nSPS) is 15.9. The summed E-state index contributed by atoms with van der Waals surface area (Å²) in [4.78, 5) is 17.3. The number of amides is 1. The van der Waals surface area contributed by atoms with Gasteiger partial charge < -0.3 is 14.8 Å². The van der Waals surface area contributed by atoms with Gasteiger partial charge in [0.15, 0.2) is 16.7 Å². The molecule has 1 amide bonds. The zero-order valence-electron chi connectivity index (χ0n) is 16.7. The van der Waals surface area contributed by atoms with Gasteiger partial charge in [0.25, 0.3) is 5.91 Å². The Hall–Kier alpha value is -3.58. The van der Waals surface area contributed by atoms with Crippen molar-refractivity contribution >= 4 is 34.6 Å². The number of carbonyl (C=O) groups excluding carboxylic acids is 1. The van der Waals surface area contributed by atoms with Crippen LogP contribution in [0.2, 0.25) is 0 Å². The van der Waals surface area contributed by atoms with E-state index in [9.17, 15) is 9.18 Å². The number of hydrogen-bond acceptors (Lipinski definition) is 5. The zero-order chi connectivity index (χ0) is 21.6. The van der Waals surface area contributed by atoms with E-state index >= 15 is 0 Å². The first-order valence-corrected chi connectivity index (χ1v) is 10.3. The lowest BCUT2D eigenvalue weighted by Crippen LogP contribution is -2.19. The molecule has 1 aliphatic rings. The van der Waals surface area contributed by atoms with Crippen molar-refractivity contribution in [2.45, 2.75) is 6.61 Å². The SMILES string of the molecule is COc1ccc(/C=C2/SC(=Nc3ccccc3)NC2=O)cc1OCc1ccccc1F. The van der Waals surface area contributed by atoms with Crippen LogP contribution in [0.4, 0.5) is 10.1 Å². The Labute approximate surface area is 183 Å². The lowest BCUT2D eigenvalue weighted by Gasteiger charge is -2.12. The maximum absolute atomic E-state index is 13.9. The molecule has 4 rings (SSSR count). The van der Waals surface area contributed by atoms with Crippen LogP contribution in [-0.2, 0) is 11.4 Å². The second-order valence-electron chi connectivity index (χ2n) is 6.61. The van der Waals surface area contributed by atoms with Gasteiger partial charge in [-0.3, -0.25) is 4.79 Å². The molecule has 0 radical (unpaired) electrons. The fraction of sp³-hybridized carbons (Fsp3) is 0.0833. The van der Waals surface area contributed by atoms with E-state index in [4.69, 9.17) is 9.47 Å². The average Bonchev–Trinajstić information content (AvgIpc) is 3.12. The van der Waals surface area contributed by atoms with Gasteiger partial charge in [0.2, 0.25) is 0 Å². The molecular weight excluding hydrogens is 415 g/mol. The topological polar surface area (TPSA) is 59.9 Å². The van der Waals surface area contributed by atoms with E-state index in [1.54, 1.807) is 36.4 Å². The first kappa shape index (κ1) is 20.7. The summed E-state index contributed by atoms with van der Waals surface area (Å²) < 4.78 is 25.0. The Kier molecular flexibility index (Phi) is 6.33. The van der Waals surface area contributed by atoms with E-state index in [-0.39, 0.29) is 18.3 Å².